The Hall–Kier alpha value is -2.34. The van der Waals surface area contributed by atoms with Gasteiger partial charge in [-0.05, 0) is 49.9 Å². The largest absolute Gasteiger partial charge is 0.494 e. The number of para-hydroxylation sites is 1. The SMILES string of the molecule is CCOc1ccccc1CCC(=O)N1CCCC1CS(=O)(=O)c1ccccc1. The summed E-state index contributed by atoms with van der Waals surface area (Å²) >= 11 is 0. The molecule has 1 amide bonds. The molecule has 1 heterocycles. The molecule has 1 aliphatic heterocycles. The Labute approximate surface area is 167 Å². The predicted molar refractivity (Wildman–Crippen MR) is 109 cm³/mol. The van der Waals surface area contributed by atoms with E-state index < -0.39 is 9.84 Å². The molecule has 2 aromatic rings. The Morgan fingerprint density at radius 3 is 2.57 bits per heavy atom. The van der Waals surface area contributed by atoms with Crippen LogP contribution in [0, 0.1) is 0 Å². The molecule has 2 aromatic carbocycles. The van der Waals surface area contributed by atoms with E-state index in [0.717, 1.165) is 24.2 Å². The molecule has 0 bridgehead atoms. The highest BCUT2D eigenvalue weighted by atomic mass is 32.2. The van der Waals surface area contributed by atoms with Gasteiger partial charge in [0.2, 0.25) is 5.91 Å². The standard InChI is InChI=1S/C22H27NO4S/c1-2-27-21-13-7-6-9-18(21)14-15-22(24)23-16-8-10-19(23)17-28(25,26)20-11-4-3-5-12-20/h3-7,9,11-13,19H,2,8,10,14-17H2,1H3. The van der Waals surface area contributed by atoms with E-state index >= 15 is 0 Å². The van der Waals surface area contributed by atoms with Gasteiger partial charge >= 0.3 is 0 Å². The third kappa shape index (κ3) is 4.93. The number of likely N-dealkylation sites (tertiary alicyclic amines) is 1. The molecule has 28 heavy (non-hydrogen) atoms. The number of benzene rings is 2. The van der Waals surface area contributed by atoms with Crippen LogP contribution in [0.25, 0.3) is 0 Å². The van der Waals surface area contributed by atoms with Gasteiger partial charge in [-0.1, -0.05) is 36.4 Å². The molecule has 1 aliphatic rings. The van der Waals surface area contributed by atoms with Gasteiger partial charge in [0, 0.05) is 19.0 Å². The summed E-state index contributed by atoms with van der Waals surface area (Å²) in [5.41, 5.74) is 1.00. The van der Waals surface area contributed by atoms with Crippen LogP contribution >= 0.6 is 0 Å². The molecule has 0 spiro atoms. The highest BCUT2D eigenvalue weighted by Gasteiger charge is 2.32. The van der Waals surface area contributed by atoms with Crippen LogP contribution in [0.4, 0.5) is 0 Å². The molecule has 1 unspecified atom stereocenters. The maximum absolute atomic E-state index is 12.8. The molecule has 0 radical (unpaired) electrons. The van der Waals surface area contributed by atoms with E-state index in [4.69, 9.17) is 4.74 Å². The topological polar surface area (TPSA) is 63.7 Å². The number of nitrogens with zero attached hydrogens (tertiary/aromatic N) is 1. The smallest absolute Gasteiger partial charge is 0.223 e. The molecule has 150 valence electrons. The van der Waals surface area contributed by atoms with Crippen LogP contribution in [0.3, 0.4) is 0 Å². The zero-order chi connectivity index (χ0) is 20.0. The van der Waals surface area contributed by atoms with Crippen molar-refractivity contribution in [1.29, 1.82) is 0 Å². The third-order valence-corrected chi connectivity index (χ3v) is 6.91. The summed E-state index contributed by atoms with van der Waals surface area (Å²) in [7, 11) is -3.41. The first-order valence-corrected chi connectivity index (χ1v) is 11.4. The first kappa shape index (κ1) is 20.4. The summed E-state index contributed by atoms with van der Waals surface area (Å²) in [6.07, 6.45) is 2.51. The van der Waals surface area contributed by atoms with Crippen molar-refractivity contribution in [3.63, 3.8) is 0 Å². The van der Waals surface area contributed by atoms with Gasteiger partial charge < -0.3 is 9.64 Å². The van der Waals surface area contributed by atoms with Gasteiger partial charge in [0.05, 0.1) is 17.3 Å². The predicted octanol–water partition coefficient (Wildman–Crippen LogP) is 3.48. The molecule has 0 aliphatic carbocycles. The fourth-order valence-electron chi connectivity index (χ4n) is 3.71. The number of ether oxygens (including phenoxy) is 1. The van der Waals surface area contributed by atoms with Crippen molar-refractivity contribution in [3.8, 4) is 5.75 Å². The zero-order valence-electron chi connectivity index (χ0n) is 16.2. The van der Waals surface area contributed by atoms with Crippen LogP contribution in [0.15, 0.2) is 59.5 Å². The van der Waals surface area contributed by atoms with Crippen molar-refractivity contribution in [3.05, 3.63) is 60.2 Å². The minimum absolute atomic E-state index is 0.0112. The molecule has 1 atom stereocenters. The van der Waals surface area contributed by atoms with Gasteiger partial charge in [0.15, 0.2) is 9.84 Å². The van der Waals surface area contributed by atoms with Crippen molar-refractivity contribution in [2.45, 2.75) is 43.5 Å². The van der Waals surface area contributed by atoms with Crippen LogP contribution in [-0.2, 0) is 21.1 Å². The van der Waals surface area contributed by atoms with Gasteiger partial charge in [-0.3, -0.25) is 4.79 Å². The molecule has 0 aromatic heterocycles. The van der Waals surface area contributed by atoms with Crippen molar-refractivity contribution in [1.82, 2.24) is 4.90 Å². The van der Waals surface area contributed by atoms with Gasteiger partial charge in [0.1, 0.15) is 5.75 Å². The number of hydrogen-bond acceptors (Lipinski definition) is 4. The molecule has 3 rings (SSSR count). The van der Waals surface area contributed by atoms with Gasteiger partial charge in [-0.15, -0.1) is 0 Å². The van der Waals surface area contributed by atoms with E-state index in [2.05, 4.69) is 0 Å². The summed E-state index contributed by atoms with van der Waals surface area (Å²) in [4.78, 5) is 14.9. The van der Waals surface area contributed by atoms with Gasteiger partial charge in [-0.2, -0.15) is 0 Å². The third-order valence-electron chi connectivity index (χ3n) is 5.09. The summed E-state index contributed by atoms with van der Waals surface area (Å²) in [5, 5.41) is 0. The highest BCUT2D eigenvalue weighted by molar-refractivity contribution is 7.91. The Morgan fingerprint density at radius 1 is 1.11 bits per heavy atom. The second kappa shape index (κ2) is 9.24. The summed E-state index contributed by atoms with van der Waals surface area (Å²) < 4.78 is 31.0. The van der Waals surface area contributed by atoms with Crippen LogP contribution in [0.1, 0.15) is 31.7 Å². The summed E-state index contributed by atoms with van der Waals surface area (Å²) in [6.45, 7) is 3.14. The van der Waals surface area contributed by atoms with Gasteiger partial charge in [-0.25, -0.2) is 8.42 Å². The molecule has 0 saturated carbocycles. The fraction of sp³-hybridized carbons (Fsp3) is 0.409. The van der Waals surface area contributed by atoms with E-state index in [9.17, 15) is 13.2 Å². The number of rotatable bonds is 8. The number of hydrogen-bond donors (Lipinski definition) is 0. The molecule has 5 nitrogen and oxygen atoms in total. The van der Waals surface area contributed by atoms with E-state index in [1.165, 1.54) is 0 Å². The van der Waals surface area contributed by atoms with Crippen molar-refractivity contribution in [2.24, 2.45) is 0 Å². The number of sulfone groups is 1. The fourth-order valence-corrected chi connectivity index (χ4v) is 5.32. The van der Waals surface area contributed by atoms with Crippen molar-refractivity contribution in [2.75, 3.05) is 18.9 Å². The second-order valence-corrected chi connectivity index (χ2v) is 9.05. The maximum atomic E-state index is 12.8. The first-order chi connectivity index (χ1) is 13.5. The van der Waals surface area contributed by atoms with Crippen molar-refractivity contribution < 1.29 is 17.9 Å². The number of amides is 1. The number of aryl methyl sites for hydroxylation is 1. The minimum atomic E-state index is -3.41. The lowest BCUT2D eigenvalue weighted by Gasteiger charge is -2.25. The van der Waals surface area contributed by atoms with Gasteiger partial charge in [0.25, 0.3) is 0 Å². The molecule has 1 saturated heterocycles. The molecule has 0 N–H and O–H groups in total. The first-order valence-electron chi connectivity index (χ1n) is 9.79. The quantitative estimate of drug-likeness (QED) is 0.679. The number of carbonyl (C=O) groups excluding carboxylic acids is 1. The van der Waals surface area contributed by atoms with Crippen LogP contribution in [0.5, 0.6) is 5.75 Å². The average molecular weight is 402 g/mol. The lowest BCUT2D eigenvalue weighted by molar-refractivity contribution is -0.131. The Balaban J connectivity index is 1.64. The minimum Gasteiger partial charge on any atom is -0.494 e. The summed E-state index contributed by atoms with van der Waals surface area (Å²) in [6, 6.07) is 16.0. The second-order valence-electron chi connectivity index (χ2n) is 7.02. The molecule has 6 heteroatoms. The molecular weight excluding hydrogens is 374 g/mol. The average Bonchev–Trinajstić information content (AvgIpc) is 3.15. The monoisotopic (exact) mass is 401 g/mol. The summed E-state index contributed by atoms with van der Waals surface area (Å²) in [5.74, 6) is 0.803. The highest BCUT2D eigenvalue weighted by Crippen LogP contribution is 2.25. The Bertz CT molecular complexity index is 896. The van der Waals surface area contributed by atoms with Crippen molar-refractivity contribution >= 4 is 15.7 Å². The van der Waals surface area contributed by atoms with Crippen LogP contribution in [0.2, 0.25) is 0 Å². The lowest BCUT2D eigenvalue weighted by Crippen LogP contribution is -2.39. The lowest BCUT2D eigenvalue weighted by atomic mass is 10.1. The van der Waals surface area contributed by atoms with E-state index in [1.807, 2.05) is 31.2 Å². The van der Waals surface area contributed by atoms with Crippen LogP contribution < -0.4 is 4.74 Å². The zero-order valence-corrected chi connectivity index (χ0v) is 17.0. The van der Waals surface area contributed by atoms with Crippen LogP contribution in [-0.4, -0.2) is 44.2 Å². The van der Waals surface area contributed by atoms with E-state index in [1.54, 1.807) is 35.2 Å². The number of carbonyl (C=O) groups is 1. The molecular formula is C22H27NO4S. The Morgan fingerprint density at radius 2 is 1.82 bits per heavy atom. The normalized spacial score (nSPS) is 16.9. The van der Waals surface area contributed by atoms with E-state index in [-0.39, 0.29) is 17.7 Å². The Kier molecular flexibility index (Phi) is 6.73. The molecule has 1 fully saturated rings. The van der Waals surface area contributed by atoms with E-state index in [0.29, 0.717) is 30.9 Å². The maximum Gasteiger partial charge on any atom is 0.223 e.